The summed E-state index contributed by atoms with van der Waals surface area (Å²) in [6, 6.07) is 3.53. The molecule has 2 aromatic heterocycles. The lowest BCUT2D eigenvalue weighted by atomic mass is 9.94. The Morgan fingerprint density at radius 2 is 2.02 bits per heavy atom. The molecule has 6 atom stereocenters. The van der Waals surface area contributed by atoms with Gasteiger partial charge >= 0.3 is 0 Å². The van der Waals surface area contributed by atoms with Crippen molar-refractivity contribution in [1.29, 1.82) is 0 Å². The number of phenolic OH excluding ortho intramolecular Hbond substituents is 1. The molecule has 0 unspecified atom stereocenters. The van der Waals surface area contributed by atoms with Gasteiger partial charge in [-0.15, -0.1) is 10.2 Å². The van der Waals surface area contributed by atoms with Crippen molar-refractivity contribution < 1.29 is 13.9 Å². The van der Waals surface area contributed by atoms with Gasteiger partial charge in [-0.05, 0) is 67.7 Å². The fourth-order valence-corrected chi connectivity index (χ4v) is 7.91. The zero-order valence-electron chi connectivity index (χ0n) is 22.7. The molecule has 1 aliphatic carbocycles. The van der Waals surface area contributed by atoms with Gasteiger partial charge in [-0.3, -0.25) is 4.90 Å². The molecule has 4 saturated heterocycles. The van der Waals surface area contributed by atoms with E-state index in [-0.39, 0.29) is 40.3 Å². The van der Waals surface area contributed by atoms with Crippen molar-refractivity contribution in [3.05, 3.63) is 34.4 Å². The second-order valence-corrected chi connectivity index (χ2v) is 12.8. The Hall–Kier alpha value is -3.13. The van der Waals surface area contributed by atoms with Crippen molar-refractivity contribution in [3.8, 4) is 28.8 Å². The molecule has 1 aromatic carbocycles. The molecular formula is C30H30ClF2N7O. The maximum Gasteiger partial charge on any atom is 0.207 e. The molecule has 1 saturated carbocycles. The number of nitrogens with zero attached hydrogens (tertiary/aromatic N) is 6. The van der Waals surface area contributed by atoms with Crippen molar-refractivity contribution in [2.45, 2.75) is 68.7 Å². The van der Waals surface area contributed by atoms with Crippen LogP contribution in [0.3, 0.4) is 0 Å². The predicted molar refractivity (Wildman–Crippen MR) is 151 cm³/mol. The van der Waals surface area contributed by atoms with Crippen molar-refractivity contribution in [3.63, 3.8) is 0 Å². The van der Waals surface area contributed by atoms with Gasteiger partial charge in [-0.25, -0.2) is 18.7 Å². The first kappa shape index (κ1) is 25.6. The monoisotopic (exact) mass is 577 g/mol. The Morgan fingerprint density at radius 1 is 1.17 bits per heavy atom. The molecule has 5 fully saturated rings. The average molecular weight is 578 g/mol. The quantitative estimate of drug-likeness (QED) is 0.448. The fraction of sp³-hybridized carbons (Fsp3) is 0.533. The summed E-state index contributed by atoms with van der Waals surface area (Å²) in [6.07, 6.45) is 3.13. The van der Waals surface area contributed by atoms with Crippen LogP contribution in [0.5, 0.6) is 5.75 Å². The van der Waals surface area contributed by atoms with Crippen molar-refractivity contribution in [2.75, 3.05) is 31.1 Å². The third-order valence-electron chi connectivity index (χ3n) is 9.72. The van der Waals surface area contributed by atoms with E-state index < -0.39 is 17.5 Å². The zero-order chi connectivity index (χ0) is 28.0. The summed E-state index contributed by atoms with van der Waals surface area (Å²) in [5.41, 5.74) is 0.975. The van der Waals surface area contributed by atoms with Crippen LogP contribution in [-0.4, -0.2) is 80.1 Å². The van der Waals surface area contributed by atoms with Crippen LogP contribution in [-0.2, 0) is 0 Å². The minimum atomic E-state index is -0.905. The molecule has 3 aromatic rings. The number of aromatic nitrogens is 4. The Labute approximate surface area is 241 Å². The molecule has 4 aliphatic heterocycles. The van der Waals surface area contributed by atoms with Gasteiger partial charge in [0.15, 0.2) is 17.2 Å². The van der Waals surface area contributed by atoms with Crippen LogP contribution in [0.1, 0.15) is 56.3 Å². The Bertz CT molecular complexity index is 1660. The number of halogens is 3. The number of aromatic hydroxyl groups is 1. The molecule has 212 valence electrons. The molecule has 0 amide bonds. The summed E-state index contributed by atoms with van der Waals surface area (Å²) in [7, 11) is 0. The topological polar surface area (TPSA) is 90.3 Å². The number of benzene rings is 1. The maximum absolute atomic E-state index is 16.6. The van der Waals surface area contributed by atoms with Gasteiger partial charge in [0.05, 0.1) is 5.54 Å². The lowest BCUT2D eigenvalue weighted by Gasteiger charge is -2.29. The van der Waals surface area contributed by atoms with E-state index in [4.69, 9.17) is 16.6 Å². The average Bonchev–Trinajstić information content (AvgIpc) is 3.36. The van der Waals surface area contributed by atoms with Crippen LogP contribution in [0.4, 0.5) is 14.6 Å². The highest BCUT2D eigenvalue weighted by molar-refractivity contribution is 6.32. The maximum atomic E-state index is 16.6. The standard InChI is InChI=1S/C30H30ClF2N7O/c1-15-7-20(15)24-21(9-19(41)10-22(24)31)26-25(33)27-28(38-37-26)29(40-14-17-8-18(40)12-34-17)36-23(35-27)3-5-30-4-2-6-39(30)13-16(32)11-30/h9-10,15-18,20,34,41H,2,4,6-8,11-14H2,1H3/t15-,16-,17+,18+,20-,30-/m1/s1. The van der Waals surface area contributed by atoms with Gasteiger partial charge in [0.2, 0.25) is 5.82 Å². The SMILES string of the molecule is C[C@@H]1C[C@H]1c1c(Cl)cc(O)cc1-c1nnc2c(N3C[C@@H]4C[C@H]3CN4)nc(C#C[C@@]34CCCN3C[C@H](F)C4)nc2c1F. The molecule has 41 heavy (non-hydrogen) atoms. The fourth-order valence-electron chi connectivity index (χ4n) is 7.56. The second-order valence-electron chi connectivity index (χ2n) is 12.4. The van der Waals surface area contributed by atoms with E-state index in [1.54, 1.807) is 0 Å². The van der Waals surface area contributed by atoms with Crippen molar-refractivity contribution in [2.24, 2.45) is 5.92 Å². The number of piperazine rings is 1. The minimum Gasteiger partial charge on any atom is -0.508 e. The number of hydrogen-bond donors (Lipinski definition) is 2. The summed E-state index contributed by atoms with van der Waals surface area (Å²) in [5, 5.41) is 23.1. The van der Waals surface area contributed by atoms with Crippen molar-refractivity contribution >= 4 is 28.5 Å². The molecule has 6 heterocycles. The number of hydrogen-bond acceptors (Lipinski definition) is 8. The largest absolute Gasteiger partial charge is 0.508 e. The normalized spacial score (nSPS) is 32.0. The van der Waals surface area contributed by atoms with E-state index in [1.807, 2.05) is 0 Å². The van der Waals surface area contributed by atoms with Gasteiger partial charge < -0.3 is 15.3 Å². The van der Waals surface area contributed by atoms with Gasteiger partial charge in [0, 0.05) is 48.7 Å². The first-order valence-electron chi connectivity index (χ1n) is 14.5. The lowest BCUT2D eigenvalue weighted by molar-refractivity contribution is 0.255. The number of alkyl halides is 1. The Balaban J connectivity index is 1.30. The number of anilines is 1. The van der Waals surface area contributed by atoms with Crippen LogP contribution >= 0.6 is 11.6 Å². The van der Waals surface area contributed by atoms with Gasteiger partial charge in [0.25, 0.3) is 0 Å². The molecule has 0 spiro atoms. The lowest BCUT2D eigenvalue weighted by Crippen LogP contribution is -2.44. The van der Waals surface area contributed by atoms with Gasteiger partial charge in [-0.2, -0.15) is 0 Å². The van der Waals surface area contributed by atoms with Crippen LogP contribution in [0.15, 0.2) is 12.1 Å². The van der Waals surface area contributed by atoms with Crippen LogP contribution in [0, 0.1) is 23.6 Å². The van der Waals surface area contributed by atoms with Crippen LogP contribution in [0.2, 0.25) is 5.02 Å². The predicted octanol–water partition coefficient (Wildman–Crippen LogP) is 4.19. The summed E-state index contributed by atoms with van der Waals surface area (Å²) in [6.45, 7) is 4.87. The van der Waals surface area contributed by atoms with Crippen molar-refractivity contribution in [1.82, 2.24) is 30.4 Å². The van der Waals surface area contributed by atoms with Crippen LogP contribution in [0.25, 0.3) is 22.3 Å². The summed E-state index contributed by atoms with van der Waals surface area (Å²) in [5.74, 6) is 6.98. The van der Waals surface area contributed by atoms with E-state index >= 15 is 4.39 Å². The highest BCUT2D eigenvalue weighted by atomic mass is 35.5. The third-order valence-corrected chi connectivity index (χ3v) is 10.0. The zero-order valence-corrected chi connectivity index (χ0v) is 23.4. The van der Waals surface area contributed by atoms with E-state index in [2.05, 4.69) is 49.1 Å². The minimum absolute atomic E-state index is 0.00538. The highest BCUT2D eigenvalue weighted by Gasteiger charge is 2.48. The summed E-state index contributed by atoms with van der Waals surface area (Å²) < 4.78 is 30.9. The molecular weight excluding hydrogens is 548 g/mol. The molecule has 8 nitrogen and oxygen atoms in total. The van der Waals surface area contributed by atoms with Gasteiger partial charge in [-0.1, -0.05) is 24.4 Å². The van der Waals surface area contributed by atoms with Crippen LogP contribution < -0.4 is 10.2 Å². The number of rotatable bonds is 3. The third kappa shape index (κ3) is 4.08. The highest BCUT2D eigenvalue weighted by Crippen LogP contribution is 2.53. The Morgan fingerprint density at radius 3 is 2.78 bits per heavy atom. The molecule has 5 aliphatic rings. The summed E-state index contributed by atoms with van der Waals surface area (Å²) in [4.78, 5) is 13.7. The summed E-state index contributed by atoms with van der Waals surface area (Å²) >= 11 is 6.57. The molecule has 2 N–H and O–H groups in total. The first-order chi connectivity index (χ1) is 19.8. The molecule has 8 rings (SSSR count). The van der Waals surface area contributed by atoms with E-state index in [0.717, 1.165) is 50.9 Å². The molecule has 0 radical (unpaired) electrons. The number of fused-ring (bicyclic) bond motifs is 4. The molecule has 11 heteroatoms. The van der Waals surface area contributed by atoms with E-state index in [0.29, 0.717) is 41.3 Å². The smallest absolute Gasteiger partial charge is 0.207 e. The first-order valence-corrected chi connectivity index (χ1v) is 14.9. The van der Waals surface area contributed by atoms with Gasteiger partial charge in [0.1, 0.15) is 23.1 Å². The Kier molecular flexibility index (Phi) is 5.73. The second kappa shape index (κ2) is 9.18. The van der Waals surface area contributed by atoms with E-state index in [9.17, 15) is 9.50 Å². The molecule has 2 bridgehead atoms. The number of nitrogens with one attached hydrogen (secondary N) is 1. The number of phenols is 1. The van der Waals surface area contributed by atoms with E-state index in [1.165, 1.54) is 12.1 Å².